The highest BCUT2D eigenvalue weighted by Gasteiger charge is 2.54. The van der Waals surface area contributed by atoms with Crippen molar-refractivity contribution in [2.45, 2.75) is 18.0 Å². The lowest BCUT2D eigenvalue weighted by molar-refractivity contribution is -0.147. The fourth-order valence-corrected chi connectivity index (χ4v) is 2.03. The molecule has 0 radical (unpaired) electrons. The molecule has 0 saturated heterocycles. The molecule has 0 bridgehead atoms. The zero-order chi connectivity index (χ0) is 12.3. The van der Waals surface area contributed by atoms with Crippen LogP contribution in [0.4, 0.5) is 0 Å². The summed E-state index contributed by atoms with van der Waals surface area (Å²) in [5.74, 6) is -3.44. The molecule has 0 aromatic heterocycles. The summed E-state index contributed by atoms with van der Waals surface area (Å²) in [4.78, 5) is 39.0. The van der Waals surface area contributed by atoms with Gasteiger partial charge in [0.2, 0.25) is 0 Å². The highest BCUT2D eigenvalue weighted by atomic mass is 31.2. The summed E-state index contributed by atoms with van der Waals surface area (Å²) in [5, 5.41) is 14.6. The first-order valence-electron chi connectivity index (χ1n) is 3.79. The van der Waals surface area contributed by atoms with Gasteiger partial charge in [-0.3, -0.25) is 14.2 Å². The first-order valence-corrected chi connectivity index (χ1v) is 5.40. The van der Waals surface area contributed by atoms with E-state index in [1.54, 1.807) is 0 Å². The molecule has 7 nitrogen and oxygen atoms in total. The lowest BCUT2D eigenvalue weighted by Gasteiger charge is -2.27. The molecule has 0 heterocycles. The Morgan fingerprint density at radius 2 is 1.80 bits per heavy atom. The van der Waals surface area contributed by atoms with E-state index in [-0.39, 0.29) is 0 Å². The van der Waals surface area contributed by atoms with Crippen molar-refractivity contribution in [1.82, 2.24) is 0 Å². The number of carbonyl (C=O) groups is 2. The van der Waals surface area contributed by atoms with Crippen molar-refractivity contribution in [2.75, 3.05) is 0 Å². The van der Waals surface area contributed by atoms with E-state index in [0.717, 1.165) is 6.08 Å². The van der Waals surface area contributed by atoms with E-state index in [9.17, 15) is 14.2 Å². The number of aliphatic carboxylic acids is 2. The lowest BCUT2D eigenvalue weighted by Crippen LogP contribution is -2.40. The van der Waals surface area contributed by atoms with Gasteiger partial charge in [0.25, 0.3) is 0 Å². The van der Waals surface area contributed by atoms with Crippen LogP contribution in [-0.2, 0) is 14.2 Å². The Labute approximate surface area is 85.2 Å². The molecule has 4 N–H and O–H groups in total. The Morgan fingerprint density at radius 1 is 1.33 bits per heavy atom. The summed E-state index contributed by atoms with van der Waals surface area (Å²) >= 11 is 0. The van der Waals surface area contributed by atoms with E-state index in [0.29, 0.717) is 0 Å². The van der Waals surface area contributed by atoms with Crippen molar-refractivity contribution in [2.24, 2.45) is 0 Å². The van der Waals surface area contributed by atoms with Crippen LogP contribution in [0.15, 0.2) is 12.7 Å². The van der Waals surface area contributed by atoms with Gasteiger partial charge in [0.1, 0.15) is 0 Å². The Hall–Kier alpha value is -1.17. The Morgan fingerprint density at radius 3 is 2.00 bits per heavy atom. The summed E-state index contributed by atoms with van der Waals surface area (Å²) in [6, 6.07) is 0. The van der Waals surface area contributed by atoms with Crippen LogP contribution in [0.1, 0.15) is 12.8 Å². The van der Waals surface area contributed by atoms with Crippen molar-refractivity contribution in [3.05, 3.63) is 12.7 Å². The first kappa shape index (κ1) is 13.8. The third-order valence-electron chi connectivity index (χ3n) is 1.88. The molecular weight excluding hydrogens is 227 g/mol. The van der Waals surface area contributed by atoms with Crippen molar-refractivity contribution >= 4 is 19.5 Å². The third-order valence-corrected chi connectivity index (χ3v) is 3.53. The Bertz CT molecular complexity index is 330. The van der Waals surface area contributed by atoms with Gasteiger partial charge in [0.05, 0.1) is 6.42 Å². The van der Waals surface area contributed by atoms with Crippen molar-refractivity contribution in [3.8, 4) is 0 Å². The fraction of sp³-hybridized carbons (Fsp3) is 0.429. The minimum atomic E-state index is -5.09. The highest BCUT2D eigenvalue weighted by molar-refractivity contribution is 7.54. The molecule has 0 rings (SSSR count). The van der Waals surface area contributed by atoms with E-state index < -0.39 is 37.5 Å². The van der Waals surface area contributed by atoms with Gasteiger partial charge >= 0.3 is 19.5 Å². The molecule has 15 heavy (non-hydrogen) atoms. The second-order valence-corrected chi connectivity index (χ2v) is 4.89. The van der Waals surface area contributed by atoms with Crippen LogP contribution < -0.4 is 0 Å². The number of carboxylic acids is 2. The standard InChI is InChI=1S/C7H11O7P/c1-2-3-7(6(10)11,4-5(8)9)15(12,13)14/h2H,1,3-4H2,(H,8,9)(H,10,11)(H2,12,13,14). The predicted molar refractivity (Wildman–Crippen MR) is 49.5 cm³/mol. The minimum absolute atomic E-state index is 0.612. The number of hydrogen-bond acceptors (Lipinski definition) is 3. The van der Waals surface area contributed by atoms with E-state index in [1.165, 1.54) is 0 Å². The van der Waals surface area contributed by atoms with Crippen LogP contribution in [0.2, 0.25) is 0 Å². The number of hydrogen-bond donors (Lipinski definition) is 4. The van der Waals surface area contributed by atoms with Crippen molar-refractivity contribution in [1.29, 1.82) is 0 Å². The largest absolute Gasteiger partial charge is 0.481 e. The van der Waals surface area contributed by atoms with E-state index in [1.807, 2.05) is 0 Å². The summed E-state index contributed by atoms with van der Waals surface area (Å²) in [6.07, 6.45) is -0.798. The predicted octanol–water partition coefficient (Wildman–Crippen LogP) is 0.0383. The molecular formula is C7H11O7P. The zero-order valence-electron chi connectivity index (χ0n) is 7.66. The van der Waals surface area contributed by atoms with Gasteiger partial charge in [-0.1, -0.05) is 6.08 Å². The first-order chi connectivity index (χ1) is 6.67. The number of allylic oxidation sites excluding steroid dienone is 1. The van der Waals surface area contributed by atoms with E-state index in [4.69, 9.17) is 20.0 Å². The zero-order valence-corrected chi connectivity index (χ0v) is 8.55. The molecule has 0 aliphatic rings. The average Bonchev–Trinajstić information content (AvgIpc) is 1.99. The SMILES string of the molecule is C=CCC(CC(=O)O)(C(=O)O)P(=O)(O)O. The summed E-state index contributed by atoms with van der Waals surface area (Å²) in [5.41, 5.74) is 0. The maximum Gasteiger partial charge on any atom is 0.343 e. The Balaban J connectivity index is 5.46. The van der Waals surface area contributed by atoms with Gasteiger partial charge in [-0.15, -0.1) is 6.58 Å². The van der Waals surface area contributed by atoms with Gasteiger partial charge in [-0.05, 0) is 6.42 Å². The lowest BCUT2D eigenvalue weighted by atomic mass is 10.0. The third kappa shape index (κ3) is 2.89. The number of rotatable bonds is 6. The quantitative estimate of drug-likeness (QED) is 0.379. The molecule has 0 aromatic carbocycles. The molecule has 0 saturated carbocycles. The summed E-state index contributed by atoms with van der Waals surface area (Å²) in [7, 11) is -5.09. The van der Waals surface area contributed by atoms with Crippen LogP contribution in [0.5, 0.6) is 0 Å². The van der Waals surface area contributed by atoms with Gasteiger partial charge in [0, 0.05) is 0 Å². The smallest absolute Gasteiger partial charge is 0.343 e. The van der Waals surface area contributed by atoms with Crippen LogP contribution in [0.3, 0.4) is 0 Å². The molecule has 1 atom stereocenters. The fourth-order valence-electron chi connectivity index (χ4n) is 1.07. The second-order valence-electron chi connectivity index (χ2n) is 2.94. The molecule has 0 aliphatic carbocycles. The van der Waals surface area contributed by atoms with Crippen LogP contribution >= 0.6 is 7.60 Å². The highest BCUT2D eigenvalue weighted by Crippen LogP contribution is 2.54. The summed E-state index contributed by atoms with van der Waals surface area (Å²) < 4.78 is 11.0. The molecule has 0 amide bonds. The maximum atomic E-state index is 11.0. The topological polar surface area (TPSA) is 132 Å². The van der Waals surface area contributed by atoms with Gasteiger partial charge in [-0.25, -0.2) is 0 Å². The molecule has 0 fully saturated rings. The Kier molecular flexibility index (Phi) is 4.21. The molecule has 8 heteroatoms. The number of carboxylic acid groups (broad SMARTS) is 2. The normalized spacial score (nSPS) is 15.3. The van der Waals surface area contributed by atoms with Gasteiger partial charge < -0.3 is 20.0 Å². The van der Waals surface area contributed by atoms with Gasteiger partial charge in [-0.2, -0.15) is 0 Å². The van der Waals surface area contributed by atoms with Crippen molar-refractivity contribution < 1.29 is 34.2 Å². The van der Waals surface area contributed by atoms with Gasteiger partial charge in [0.15, 0.2) is 5.16 Å². The van der Waals surface area contributed by atoms with E-state index in [2.05, 4.69) is 6.58 Å². The molecule has 0 aromatic rings. The molecule has 1 unspecified atom stereocenters. The monoisotopic (exact) mass is 238 g/mol. The maximum absolute atomic E-state index is 11.0. The van der Waals surface area contributed by atoms with Crippen molar-refractivity contribution in [3.63, 3.8) is 0 Å². The minimum Gasteiger partial charge on any atom is -0.481 e. The average molecular weight is 238 g/mol. The van der Waals surface area contributed by atoms with Crippen LogP contribution in [0, 0.1) is 0 Å². The summed E-state index contributed by atoms with van der Waals surface area (Å²) in [6.45, 7) is 3.15. The van der Waals surface area contributed by atoms with E-state index >= 15 is 0 Å². The molecule has 0 aliphatic heterocycles. The molecule has 0 spiro atoms. The second kappa shape index (κ2) is 4.57. The van der Waals surface area contributed by atoms with Crippen LogP contribution in [0.25, 0.3) is 0 Å². The molecule has 86 valence electrons. The van der Waals surface area contributed by atoms with Crippen LogP contribution in [-0.4, -0.2) is 37.1 Å².